The van der Waals surface area contributed by atoms with Crippen molar-refractivity contribution in [3.8, 4) is 12.3 Å². The molecule has 150 valence electrons. The summed E-state index contributed by atoms with van der Waals surface area (Å²) in [5.74, 6) is 4.23. The summed E-state index contributed by atoms with van der Waals surface area (Å²) < 4.78 is 0. The van der Waals surface area contributed by atoms with Crippen molar-refractivity contribution in [3.05, 3.63) is 58.2 Å². The van der Waals surface area contributed by atoms with Gasteiger partial charge in [-0.2, -0.15) is 0 Å². The van der Waals surface area contributed by atoms with Crippen LogP contribution in [0, 0.1) is 36.5 Å². The summed E-state index contributed by atoms with van der Waals surface area (Å²) in [6.07, 6.45) is 14.0. The molecule has 0 bridgehead atoms. The molecule has 0 amide bonds. The normalized spacial score (nSPS) is 38.6. The topological polar surface area (TPSA) is 37.3 Å². The van der Waals surface area contributed by atoms with Gasteiger partial charge in [-0.15, -0.1) is 6.42 Å². The third-order valence-electron chi connectivity index (χ3n) is 8.57. The lowest BCUT2D eigenvalue weighted by Crippen LogP contribution is -2.50. The maximum absolute atomic E-state index is 12.1. The third kappa shape index (κ3) is 2.63. The smallest absolute Gasteiger partial charge is 0.156 e. The highest BCUT2D eigenvalue weighted by molar-refractivity contribution is 5.93. The first-order valence-electron chi connectivity index (χ1n) is 11.1. The van der Waals surface area contributed by atoms with E-state index in [9.17, 15) is 9.90 Å². The van der Waals surface area contributed by atoms with Crippen molar-refractivity contribution in [2.45, 2.75) is 70.3 Å². The Hall–Kier alpha value is -2.11. The molecule has 1 aromatic rings. The fourth-order valence-electron chi connectivity index (χ4n) is 7.09. The maximum atomic E-state index is 12.1. The van der Waals surface area contributed by atoms with Gasteiger partial charge in [0.1, 0.15) is 5.60 Å². The first-order chi connectivity index (χ1) is 13.9. The van der Waals surface area contributed by atoms with Gasteiger partial charge in [0.05, 0.1) is 0 Å². The monoisotopic (exact) mass is 386 g/mol. The average molecular weight is 387 g/mol. The van der Waals surface area contributed by atoms with E-state index in [0.717, 1.165) is 32.1 Å². The Morgan fingerprint density at radius 1 is 1.21 bits per heavy atom. The number of carbonyl (C=O) groups is 1. The highest BCUT2D eigenvalue weighted by Crippen LogP contribution is 2.66. The van der Waals surface area contributed by atoms with Crippen LogP contribution in [0.2, 0.25) is 0 Å². The van der Waals surface area contributed by atoms with Gasteiger partial charge in [-0.25, -0.2) is 0 Å². The first kappa shape index (κ1) is 18.9. The second-order valence-electron chi connectivity index (χ2n) is 9.95. The van der Waals surface area contributed by atoms with Crippen molar-refractivity contribution in [1.29, 1.82) is 0 Å². The zero-order valence-corrected chi connectivity index (χ0v) is 17.5. The van der Waals surface area contributed by atoms with Gasteiger partial charge in [0.25, 0.3) is 0 Å². The lowest BCUT2D eigenvalue weighted by atomic mass is 9.51. The molecule has 5 rings (SSSR count). The molecule has 4 aliphatic carbocycles. The highest BCUT2D eigenvalue weighted by Gasteiger charge is 2.62. The van der Waals surface area contributed by atoms with Crippen molar-refractivity contribution in [1.82, 2.24) is 0 Å². The summed E-state index contributed by atoms with van der Waals surface area (Å²) in [6.45, 7) is 4.38. The van der Waals surface area contributed by atoms with E-state index in [0.29, 0.717) is 24.7 Å². The number of hydrogen-bond donors (Lipinski definition) is 1. The number of fused-ring (bicyclic) bond motifs is 4. The van der Waals surface area contributed by atoms with E-state index in [4.69, 9.17) is 6.42 Å². The van der Waals surface area contributed by atoms with Crippen LogP contribution in [-0.2, 0) is 4.79 Å². The SMILES string of the molecule is C#C[C@]1(O)CC[C@H]2[C@@H]3CCC4=CC(=O)CCC4=C3[C@@H](c3cccc(C)c3)C[C@@]21C. The molecule has 0 saturated heterocycles. The van der Waals surface area contributed by atoms with Crippen LogP contribution in [0.3, 0.4) is 0 Å². The largest absolute Gasteiger partial charge is 0.377 e. The van der Waals surface area contributed by atoms with Crippen LogP contribution >= 0.6 is 0 Å². The van der Waals surface area contributed by atoms with Gasteiger partial charge >= 0.3 is 0 Å². The van der Waals surface area contributed by atoms with Crippen molar-refractivity contribution < 1.29 is 9.90 Å². The summed E-state index contributed by atoms with van der Waals surface area (Å²) in [4.78, 5) is 12.1. The second-order valence-corrected chi connectivity index (χ2v) is 9.95. The van der Waals surface area contributed by atoms with Crippen molar-refractivity contribution in [2.24, 2.45) is 17.3 Å². The minimum atomic E-state index is -1.02. The molecule has 0 spiro atoms. The average Bonchev–Trinajstić information content (AvgIpc) is 2.98. The van der Waals surface area contributed by atoms with Crippen LogP contribution in [0.4, 0.5) is 0 Å². The highest BCUT2D eigenvalue weighted by atomic mass is 16.3. The molecule has 2 heteroatoms. The molecule has 2 saturated carbocycles. The fraction of sp³-hybridized carbons (Fsp3) is 0.519. The Kier molecular flexibility index (Phi) is 4.20. The second kappa shape index (κ2) is 6.44. The number of aliphatic hydroxyl groups is 1. The number of carbonyl (C=O) groups excluding carboxylic acids is 1. The van der Waals surface area contributed by atoms with E-state index < -0.39 is 5.60 Å². The summed E-state index contributed by atoms with van der Waals surface area (Å²) in [7, 11) is 0. The first-order valence-corrected chi connectivity index (χ1v) is 11.1. The summed E-state index contributed by atoms with van der Waals surface area (Å²) in [5.41, 5.74) is 5.60. The number of aryl methyl sites for hydroxylation is 1. The molecule has 29 heavy (non-hydrogen) atoms. The Labute approximate surface area is 174 Å². The molecule has 2 nitrogen and oxygen atoms in total. The van der Waals surface area contributed by atoms with Crippen LogP contribution < -0.4 is 0 Å². The molecule has 1 aromatic carbocycles. The summed E-state index contributed by atoms with van der Waals surface area (Å²) in [6, 6.07) is 8.83. The lowest BCUT2D eigenvalue weighted by Gasteiger charge is -2.53. The Bertz CT molecular complexity index is 990. The zero-order chi connectivity index (χ0) is 20.4. The summed E-state index contributed by atoms with van der Waals surface area (Å²) >= 11 is 0. The predicted molar refractivity (Wildman–Crippen MR) is 115 cm³/mol. The molecule has 0 radical (unpaired) electrons. The van der Waals surface area contributed by atoms with Gasteiger partial charge < -0.3 is 5.11 Å². The van der Waals surface area contributed by atoms with Crippen LogP contribution in [0.25, 0.3) is 0 Å². The lowest BCUT2D eigenvalue weighted by molar-refractivity contribution is -0.114. The van der Waals surface area contributed by atoms with E-state index in [1.54, 1.807) is 5.57 Å². The summed E-state index contributed by atoms with van der Waals surface area (Å²) in [5, 5.41) is 11.4. The number of ketones is 1. The Balaban J connectivity index is 1.71. The zero-order valence-electron chi connectivity index (χ0n) is 17.5. The molecule has 2 fully saturated rings. The van der Waals surface area contributed by atoms with E-state index in [1.807, 2.05) is 6.08 Å². The van der Waals surface area contributed by atoms with Crippen molar-refractivity contribution in [3.63, 3.8) is 0 Å². The number of allylic oxidation sites excluding steroid dienone is 4. The molecule has 1 N–H and O–H groups in total. The van der Waals surface area contributed by atoms with Crippen LogP contribution in [0.15, 0.2) is 47.1 Å². The molecular formula is C27H30O2. The van der Waals surface area contributed by atoms with Crippen molar-refractivity contribution in [2.75, 3.05) is 0 Å². The Morgan fingerprint density at radius 2 is 2.03 bits per heavy atom. The van der Waals surface area contributed by atoms with Gasteiger partial charge in [-0.05, 0) is 80.1 Å². The molecule has 0 aromatic heterocycles. The van der Waals surface area contributed by atoms with Crippen LogP contribution in [0.1, 0.15) is 68.9 Å². The number of terminal acetylenes is 1. The number of hydrogen-bond acceptors (Lipinski definition) is 2. The Morgan fingerprint density at radius 3 is 2.79 bits per heavy atom. The molecule has 0 unspecified atom stereocenters. The molecule has 0 aliphatic heterocycles. The maximum Gasteiger partial charge on any atom is 0.156 e. The molecule has 5 atom stereocenters. The predicted octanol–water partition coefficient (Wildman–Crippen LogP) is 5.26. The number of benzene rings is 1. The van der Waals surface area contributed by atoms with Crippen LogP contribution in [0.5, 0.6) is 0 Å². The third-order valence-corrected chi connectivity index (χ3v) is 8.57. The van der Waals surface area contributed by atoms with Crippen LogP contribution in [-0.4, -0.2) is 16.5 Å². The standard InChI is InChI=1S/C27H30O2/c1-4-27(29)13-12-24-22-10-8-19-15-20(28)9-11-21(19)25(22)23(16-26(24,27)3)18-7-5-6-17(2)14-18/h1,5-7,14-15,22-24,29H,8-13,16H2,2-3H3/t22-,23+,24-,26-,27-/m0/s1. The van der Waals surface area contributed by atoms with Gasteiger partial charge in [-0.1, -0.05) is 48.2 Å². The van der Waals surface area contributed by atoms with Crippen molar-refractivity contribution >= 4 is 5.78 Å². The van der Waals surface area contributed by atoms with E-state index >= 15 is 0 Å². The minimum absolute atomic E-state index is 0.267. The fourth-order valence-corrected chi connectivity index (χ4v) is 7.09. The molecular weight excluding hydrogens is 356 g/mol. The van der Waals surface area contributed by atoms with E-state index in [1.165, 1.54) is 22.3 Å². The number of rotatable bonds is 1. The van der Waals surface area contributed by atoms with E-state index in [-0.39, 0.29) is 17.1 Å². The van der Waals surface area contributed by atoms with Gasteiger partial charge in [0, 0.05) is 17.8 Å². The molecule has 4 aliphatic rings. The van der Waals surface area contributed by atoms with E-state index in [2.05, 4.69) is 44.0 Å². The van der Waals surface area contributed by atoms with Gasteiger partial charge in [-0.3, -0.25) is 4.79 Å². The minimum Gasteiger partial charge on any atom is -0.377 e. The molecule has 0 heterocycles. The quantitative estimate of drug-likeness (QED) is 0.669. The van der Waals surface area contributed by atoms with Gasteiger partial charge in [0.15, 0.2) is 5.78 Å². The van der Waals surface area contributed by atoms with Gasteiger partial charge in [0.2, 0.25) is 0 Å².